The molecule has 0 bridgehead atoms. The van der Waals surface area contributed by atoms with Crippen LogP contribution in [0.25, 0.3) is 0 Å². The Balaban J connectivity index is 2.29. The number of ether oxygens (including phenoxy) is 2. The highest BCUT2D eigenvalue weighted by atomic mass is 16.5. The fraction of sp³-hybridized carbons (Fsp3) is 0.350. The molecule has 2 aromatic rings. The van der Waals surface area contributed by atoms with Crippen LogP contribution in [0.3, 0.4) is 0 Å². The maximum absolute atomic E-state index is 11.6. The number of nitrogen functional groups attached to an aromatic ring is 1. The smallest absolute Gasteiger partial charge is 0.408 e. The van der Waals surface area contributed by atoms with Gasteiger partial charge in [0.15, 0.2) is 0 Å². The van der Waals surface area contributed by atoms with Crippen molar-refractivity contribution < 1.29 is 19.4 Å². The van der Waals surface area contributed by atoms with Gasteiger partial charge in [-0.05, 0) is 69.2 Å². The Kier molecular flexibility index (Phi) is 5.65. The first-order valence-electron chi connectivity index (χ1n) is 8.32. The molecule has 2 rings (SSSR count). The number of hydrogen-bond acceptors (Lipinski definition) is 4. The van der Waals surface area contributed by atoms with Crippen LogP contribution in [0.2, 0.25) is 0 Å². The van der Waals surface area contributed by atoms with Gasteiger partial charge in [-0.3, -0.25) is 4.90 Å². The van der Waals surface area contributed by atoms with Gasteiger partial charge in [-0.2, -0.15) is 0 Å². The molecule has 1 amide bonds. The predicted molar refractivity (Wildman–Crippen MR) is 102 cm³/mol. The van der Waals surface area contributed by atoms with Crippen LogP contribution in [0.1, 0.15) is 31.9 Å². The molecular weight excluding hydrogens is 332 g/mol. The van der Waals surface area contributed by atoms with E-state index in [1.807, 2.05) is 39.8 Å². The molecule has 0 saturated heterocycles. The van der Waals surface area contributed by atoms with Crippen molar-refractivity contribution in [3.8, 4) is 17.2 Å². The highest BCUT2D eigenvalue weighted by Crippen LogP contribution is 2.30. The second-order valence-corrected chi connectivity index (χ2v) is 7.19. The van der Waals surface area contributed by atoms with E-state index in [1.54, 1.807) is 31.4 Å². The molecule has 3 N–H and O–H groups in total. The second-order valence-electron chi connectivity index (χ2n) is 7.19. The maximum atomic E-state index is 11.6. The van der Waals surface area contributed by atoms with E-state index in [0.717, 1.165) is 5.56 Å². The fourth-order valence-electron chi connectivity index (χ4n) is 2.57. The standard InChI is InChI=1S/C20H26N2O4/c1-13-8-16(25-5)11-17(9-13)26-15-6-7-18(21)14(10-15)12-22(19(23)24)20(2,3)4/h6-11H,12,21H2,1-5H3,(H,23,24). The number of nitrogens with two attached hydrogens (primary N) is 1. The van der Waals surface area contributed by atoms with E-state index in [9.17, 15) is 9.90 Å². The molecular formula is C20H26N2O4. The van der Waals surface area contributed by atoms with E-state index in [4.69, 9.17) is 15.2 Å². The molecule has 26 heavy (non-hydrogen) atoms. The van der Waals surface area contributed by atoms with E-state index in [-0.39, 0.29) is 6.54 Å². The molecule has 0 aliphatic rings. The summed E-state index contributed by atoms with van der Waals surface area (Å²) in [5.41, 5.74) is 7.74. The molecule has 0 unspecified atom stereocenters. The van der Waals surface area contributed by atoms with Gasteiger partial charge in [-0.15, -0.1) is 0 Å². The molecule has 0 radical (unpaired) electrons. The zero-order chi connectivity index (χ0) is 19.5. The van der Waals surface area contributed by atoms with Crippen molar-refractivity contribution in [3.63, 3.8) is 0 Å². The van der Waals surface area contributed by atoms with Crippen LogP contribution in [0.15, 0.2) is 36.4 Å². The fourth-order valence-corrected chi connectivity index (χ4v) is 2.57. The molecule has 0 spiro atoms. The Bertz CT molecular complexity index is 797. The summed E-state index contributed by atoms with van der Waals surface area (Å²) in [7, 11) is 1.60. The SMILES string of the molecule is COc1cc(C)cc(Oc2ccc(N)c(CN(C(=O)O)C(C)(C)C)c2)c1. The molecule has 0 saturated carbocycles. The lowest BCUT2D eigenvalue weighted by Crippen LogP contribution is -2.44. The Morgan fingerprint density at radius 1 is 1.12 bits per heavy atom. The van der Waals surface area contributed by atoms with E-state index in [0.29, 0.717) is 28.5 Å². The Morgan fingerprint density at radius 3 is 2.35 bits per heavy atom. The molecule has 140 valence electrons. The lowest BCUT2D eigenvalue weighted by molar-refractivity contribution is 0.0956. The van der Waals surface area contributed by atoms with Crippen LogP contribution in [0, 0.1) is 6.92 Å². The Morgan fingerprint density at radius 2 is 1.77 bits per heavy atom. The van der Waals surface area contributed by atoms with Crippen LogP contribution >= 0.6 is 0 Å². The molecule has 6 heteroatoms. The van der Waals surface area contributed by atoms with Crippen molar-refractivity contribution in [2.45, 2.75) is 39.8 Å². The Hall–Kier alpha value is -2.89. The van der Waals surface area contributed by atoms with Gasteiger partial charge in [0.25, 0.3) is 0 Å². The minimum Gasteiger partial charge on any atom is -0.497 e. The topological polar surface area (TPSA) is 85.0 Å². The summed E-state index contributed by atoms with van der Waals surface area (Å²) in [5, 5.41) is 9.49. The summed E-state index contributed by atoms with van der Waals surface area (Å²) in [5.74, 6) is 1.94. The highest BCUT2D eigenvalue weighted by molar-refractivity contribution is 5.66. The van der Waals surface area contributed by atoms with Gasteiger partial charge in [-0.25, -0.2) is 4.79 Å². The molecule has 0 fully saturated rings. The van der Waals surface area contributed by atoms with Gasteiger partial charge in [-0.1, -0.05) is 0 Å². The summed E-state index contributed by atoms with van der Waals surface area (Å²) in [6, 6.07) is 10.9. The predicted octanol–water partition coefficient (Wildman–Crippen LogP) is 4.66. The van der Waals surface area contributed by atoms with E-state index < -0.39 is 11.6 Å². The number of anilines is 1. The van der Waals surface area contributed by atoms with Gasteiger partial charge in [0.2, 0.25) is 0 Å². The quantitative estimate of drug-likeness (QED) is 0.760. The van der Waals surface area contributed by atoms with Crippen molar-refractivity contribution in [1.29, 1.82) is 0 Å². The molecule has 0 heterocycles. The molecule has 0 atom stereocenters. The van der Waals surface area contributed by atoms with Gasteiger partial charge >= 0.3 is 6.09 Å². The number of benzene rings is 2. The number of hydrogen-bond donors (Lipinski definition) is 2. The summed E-state index contributed by atoms with van der Waals surface area (Å²) < 4.78 is 11.2. The van der Waals surface area contributed by atoms with Gasteiger partial charge in [0.1, 0.15) is 17.2 Å². The van der Waals surface area contributed by atoms with E-state index in [2.05, 4.69) is 0 Å². The first-order valence-corrected chi connectivity index (χ1v) is 8.32. The highest BCUT2D eigenvalue weighted by Gasteiger charge is 2.26. The number of carbonyl (C=O) groups is 1. The normalized spacial score (nSPS) is 11.1. The summed E-state index contributed by atoms with van der Waals surface area (Å²) in [6.45, 7) is 7.67. The number of aryl methyl sites for hydroxylation is 1. The lowest BCUT2D eigenvalue weighted by Gasteiger charge is -2.33. The summed E-state index contributed by atoms with van der Waals surface area (Å²) in [6.07, 6.45) is -0.994. The number of methoxy groups -OCH3 is 1. The number of amides is 1. The monoisotopic (exact) mass is 358 g/mol. The average molecular weight is 358 g/mol. The maximum Gasteiger partial charge on any atom is 0.408 e. The van der Waals surface area contributed by atoms with Crippen molar-refractivity contribution in [2.75, 3.05) is 12.8 Å². The van der Waals surface area contributed by atoms with Crippen LogP contribution < -0.4 is 15.2 Å². The third-order valence-electron chi connectivity index (χ3n) is 3.98. The number of rotatable bonds is 5. The summed E-state index contributed by atoms with van der Waals surface area (Å²) in [4.78, 5) is 12.9. The zero-order valence-corrected chi connectivity index (χ0v) is 15.9. The van der Waals surface area contributed by atoms with Crippen molar-refractivity contribution in [1.82, 2.24) is 4.90 Å². The number of nitrogens with zero attached hydrogens (tertiary/aromatic N) is 1. The van der Waals surface area contributed by atoms with Crippen molar-refractivity contribution in [3.05, 3.63) is 47.5 Å². The largest absolute Gasteiger partial charge is 0.497 e. The Labute approximate surface area is 154 Å². The zero-order valence-electron chi connectivity index (χ0n) is 15.9. The third-order valence-corrected chi connectivity index (χ3v) is 3.98. The third kappa shape index (κ3) is 4.81. The first-order chi connectivity index (χ1) is 12.1. The second kappa shape index (κ2) is 7.56. The minimum absolute atomic E-state index is 0.180. The van der Waals surface area contributed by atoms with Gasteiger partial charge < -0.3 is 20.3 Å². The van der Waals surface area contributed by atoms with Crippen LogP contribution in [-0.2, 0) is 6.54 Å². The minimum atomic E-state index is -0.994. The average Bonchev–Trinajstić information content (AvgIpc) is 2.53. The van der Waals surface area contributed by atoms with Crippen LogP contribution in [0.5, 0.6) is 17.2 Å². The molecule has 0 aliphatic heterocycles. The summed E-state index contributed by atoms with van der Waals surface area (Å²) >= 11 is 0. The molecule has 0 aliphatic carbocycles. The molecule has 2 aromatic carbocycles. The van der Waals surface area contributed by atoms with Crippen LogP contribution in [0.4, 0.5) is 10.5 Å². The lowest BCUT2D eigenvalue weighted by atomic mass is 10.0. The number of carboxylic acid groups (broad SMARTS) is 1. The van der Waals surface area contributed by atoms with E-state index >= 15 is 0 Å². The molecule has 6 nitrogen and oxygen atoms in total. The van der Waals surface area contributed by atoms with Gasteiger partial charge in [0, 0.05) is 17.3 Å². The van der Waals surface area contributed by atoms with Crippen molar-refractivity contribution >= 4 is 11.8 Å². The van der Waals surface area contributed by atoms with Crippen molar-refractivity contribution in [2.24, 2.45) is 0 Å². The van der Waals surface area contributed by atoms with Crippen LogP contribution in [-0.4, -0.2) is 28.7 Å². The first kappa shape index (κ1) is 19.4. The molecule has 0 aromatic heterocycles. The van der Waals surface area contributed by atoms with Gasteiger partial charge in [0.05, 0.1) is 13.7 Å². The van der Waals surface area contributed by atoms with E-state index in [1.165, 1.54) is 4.90 Å².